The zero-order valence-corrected chi connectivity index (χ0v) is 28.4. The molecule has 0 radical (unpaired) electrons. The summed E-state index contributed by atoms with van der Waals surface area (Å²) in [5, 5.41) is 10.2. The van der Waals surface area contributed by atoms with Crippen molar-refractivity contribution in [2.45, 2.75) is 104 Å². The second kappa shape index (κ2) is 18.8. The van der Waals surface area contributed by atoms with E-state index in [1.54, 1.807) is 68.6 Å². The van der Waals surface area contributed by atoms with Gasteiger partial charge in [0.2, 0.25) is 11.8 Å². The van der Waals surface area contributed by atoms with Gasteiger partial charge in [-0.15, -0.1) is 0 Å². The second-order valence-corrected chi connectivity index (χ2v) is 14.8. The van der Waals surface area contributed by atoms with Crippen molar-refractivity contribution in [2.75, 3.05) is 38.8 Å². The predicted octanol–water partition coefficient (Wildman–Crippen LogP) is 5.74. The summed E-state index contributed by atoms with van der Waals surface area (Å²) in [4.78, 5) is 8.63. The molecule has 0 aliphatic heterocycles. The first-order chi connectivity index (χ1) is 19.1. The normalized spacial score (nSPS) is 14.3. The lowest BCUT2D eigenvalue weighted by Crippen LogP contribution is -2.27. The van der Waals surface area contributed by atoms with Crippen LogP contribution in [0.1, 0.15) is 62.3 Å². The smallest absolute Gasteiger partial charge is 0.356 e. The third kappa shape index (κ3) is 16.6. The van der Waals surface area contributed by atoms with E-state index in [2.05, 4.69) is 9.97 Å². The number of hydrogen-bond acceptors (Lipinski definition) is 14. The maximum Gasteiger partial charge on any atom is 0.356 e. The van der Waals surface area contributed by atoms with Crippen molar-refractivity contribution < 1.29 is 51.3 Å². The molecule has 0 aromatic carbocycles. The van der Waals surface area contributed by atoms with Crippen LogP contribution in [-0.4, -0.2) is 90.5 Å². The molecule has 240 valence electrons. The van der Waals surface area contributed by atoms with Crippen molar-refractivity contribution in [2.24, 2.45) is 0 Å². The quantitative estimate of drug-likeness (QED) is 0.0925. The summed E-state index contributed by atoms with van der Waals surface area (Å²) in [7, 11) is -6.99. The summed E-state index contributed by atoms with van der Waals surface area (Å²) in [5.74, 6) is 0.423. The monoisotopic (exact) mass is 646 g/mol. The molecule has 41 heavy (non-hydrogen) atoms. The van der Waals surface area contributed by atoms with Crippen LogP contribution >= 0.6 is 27.0 Å². The van der Waals surface area contributed by atoms with Gasteiger partial charge in [-0.3, -0.25) is 9.13 Å². The van der Waals surface area contributed by atoms with Crippen molar-refractivity contribution in [3.63, 3.8) is 0 Å². The summed E-state index contributed by atoms with van der Waals surface area (Å²) in [6.07, 6.45) is -1.30. The number of rotatable bonds is 22. The van der Waals surface area contributed by atoms with E-state index in [0.29, 0.717) is 5.16 Å². The summed E-state index contributed by atoms with van der Waals surface area (Å²) >= 11 is 1.29. The maximum atomic E-state index is 13.0. The highest BCUT2D eigenvalue weighted by molar-refractivity contribution is 7.98. The second-order valence-electron chi connectivity index (χ2n) is 10.2. The number of aliphatic hydroxyl groups is 1. The van der Waals surface area contributed by atoms with Crippen LogP contribution < -0.4 is 9.47 Å². The Morgan fingerprint density at radius 3 is 1.54 bits per heavy atom. The average molecular weight is 647 g/mol. The van der Waals surface area contributed by atoms with Gasteiger partial charge >= 0.3 is 15.2 Å². The number of nitrogens with zero attached hydrogens (tertiary/aromatic N) is 2. The van der Waals surface area contributed by atoms with E-state index in [4.69, 9.17) is 37.0 Å². The Balaban J connectivity index is 2.77. The molecule has 0 spiro atoms. The first kappa shape index (κ1) is 38.2. The Kier molecular flexibility index (Phi) is 17.5. The van der Waals surface area contributed by atoms with Gasteiger partial charge in [-0.05, 0) is 68.6 Å². The molecule has 1 heterocycles. The van der Waals surface area contributed by atoms with Crippen LogP contribution in [0.5, 0.6) is 11.8 Å². The van der Waals surface area contributed by atoms with Crippen LogP contribution in [0.3, 0.4) is 0 Å². The number of hydrogen-bond donors (Lipinski definition) is 1. The van der Waals surface area contributed by atoms with Gasteiger partial charge < -0.3 is 42.1 Å². The molecule has 13 nitrogen and oxygen atoms in total. The van der Waals surface area contributed by atoms with Gasteiger partial charge in [0.25, 0.3) is 0 Å². The molecule has 1 rings (SSSR count). The standard InChI is InChI=1S/C25H48N2O11P2S/c1-17(2)35-39(29,36-18(3)4)15-33-21(9)13-31-23-11-24(27-25(26-23)41-10)32-14-22(12-28)34-16-40(30,37-19(5)6)38-20(7)8/h11,17-22,28H,12-16H2,1-10H3/t21-,22+/m0/s1. The van der Waals surface area contributed by atoms with Crippen molar-refractivity contribution in [3.8, 4) is 11.8 Å². The van der Waals surface area contributed by atoms with E-state index in [1.807, 2.05) is 0 Å². The topological polar surface area (TPSA) is 154 Å². The summed E-state index contributed by atoms with van der Waals surface area (Å²) in [6.45, 7) is 15.4. The first-order valence-electron chi connectivity index (χ1n) is 13.5. The highest BCUT2D eigenvalue weighted by atomic mass is 32.2. The summed E-state index contributed by atoms with van der Waals surface area (Å²) < 4.78 is 70.8. The molecule has 0 saturated heterocycles. The minimum Gasteiger partial charge on any atom is -0.475 e. The lowest BCUT2D eigenvalue weighted by Gasteiger charge is -2.24. The van der Waals surface area contributed by atoms with Gasteiger partial charge in [-0.1, -0.05) is 11.8 Å². The molecule has 0 amide bonds. The molecule has 1 aromatic heterocycles. The number of ether oxygens (including phenoxy) is 4. The Morgan fingerprint density at radius 2 is 1.15 bits per heavy atom. The van der Waals surface area contributed by atoms with Gasteiger partial charge in [-0.2, -0.15) is 9.97 Å². The molecule has 1 aromatic rings. The fourth-order valence-corrected chi connectivity index (χ4v) is 7.18. The fraction of sp³-hybridized carbons (Fsp3) is 0.840. The van der Waals surface area contributed by atoms with Crippen LogP contribution in [0.4, 0.5) is 0 Å². The largest absolute Gasteiger partial charge is 0.475 e. The SMILES string of the molecule is CSc1nc(OC[C@@H](CO)OCP(=O)(OC(C)C)OC(C)C)cc(OC[C@H](C)OCP(=O)(OC(C)C)OC(C)C)n1. The summed E-state index contributed by atoms with van der Waals surface area (Å²) in [5.41, 5.74) is 0. The van der Waals surface area contributed by atoms with E-state index >= 15 is 0 Å². The van der Waals surface area contributed by atoms with Gasteiger partial charge in [0, 0.05) is 0 Å². The molecule has 2 atom stereocenters. The minimum absolute atomic E-state index is 0.0926. The van der Waals surface area contributed by atoms with Crippen LogP contribution in [0.15, 0.2) is 11.2 Å². The van der Waals surface area contributed by atoms with E-state index in [-0.39, 0.29) is 62.1 Å². The molecule has 0 unspecified atom stereocenters. The van der Waals surface area contributed by atoms with Crippen molar-refractivity contribution in [1.29, 1.82) is 0 Å². The molecule has 0 aliphatic carbocycles. The number of thioether (sulfide) groups is 1. The van der Waals surface area contributed by atoms with Crippen LogP contribution in [0, 0.1) is 0 Å². The molecular formula is C25H48N2O11P2S. The molecule has 1 N–H and O–H groups in total. The van der Waals surface area contributed by atoms with Gasteiger partial charge in [0.1, 0.15) is 32.0 Å². The molecule has 0 bridgehead atoms. The molecule has 0 aliphatic rings. The molecule has 0 fully saturated rings. The molecule has 16 heteroatoms. The van der Waals surface area contributed by atoms with Gasteiger partial charge in [0.05, 0.1) is 43.2 Å². The highest BCUT2D eigenvalue weighted by Gasteiger charge is 2.30. The van der Waals surface area contributed by atoms with Gasteiger partial charge in [-0.25, -0.2) is 0 Å². The number of aliphatic hydroxyl groups excluding tert-OH is 1. The van der Waals surface area contributed by atoms with E-state index in [9.17, 15) is 14.2 Å². The maximum absolute atomic E-state index is 13.0. The lowest BCUT2D eigenvalue weighted by atomic mass is 10.4. The Labute approximate surface area is 248 Å². The van der Waals surface area contributed by atoms with Gasteiger partial charge in [0.15, 0.2) is 5.16 Å². The summed E-state index contributed by atoms with van der Waals surface area (Å²) in [6, 6.07) is 1.49. The zero-order valence-electron chi connectivity index (χ0n) is 25.8. The third-order valence-electron chi connectivity index (χ3n) is 4.40. The highest BCUT2D eigenvalue weighted by Crippen LogP contribution is 2.51. The van der Waals surface area contributed by atoms with E-state index < -0.39 is 34.0 Å². The molecular weight excluding hydrogens is 598 g/mol. The Bertz CT molecular complexity index is 957. The van der Waals surface area contributed by atoms with Crippen LogP contribution in [0.2, 0.25) is 0 Å². The van der Waals surface area contributed by atoms with Crippen LogP contribution in [-0.2, 0) is 36.7 Å². The lowest BCUT2D eigenvalue weighted by molar-refractivity contribution is -0.00630. The minimum atomic E-state index is -3.55. The van der Waals surface area contributed by atoms with Crippen molar-refractivity contribution >= 4 is 27.0 Å². The predicted molar refractivity (Wildman–Crippen MR) is 157 cm³/mol. The fourth-order valence-electron chi connectivity index (χ4n) is 3.08. The third-order valence-corrected chi connectivity index (χ3v) is 8.85. The van der Waals surface area contributed by atoms with Crippen molar-refractivity contribution in [3.05, 3.63) is 6.07 Å². The Hall–Kier alpha value is -0.790. The van der Waals surface area contributed by atoms with E-state index in [1.165, 1.54) is 17.8 Å². The zero-order chi connectivity index (χ0) is 31.2. The van der Waals surface area contributed by atoms with Crippen LogP contribution in [0.25, 0.3) is 0 Å². The molecule has 0 saturated carbocycles. The number of aromatic nitrogens is 2. The van der Waals surface area contributed by atoms with Crippen molar-refractivity contribution in [1.82, 2.24) is 9.97 Å². The average Bonchev–Trinajstić information content (AvgIpc) is 2.84. The van der Waals surface area contributed by atoms with E-state index in [0.717, 1.165) is 0 Å². The Morgan fingerprint density at radius 1 is 0.732 bits per heavy atom. The first-order valence-corrected chi connectivity index (χ1v) is 18.2.